The summed E-state index contributed by atoms with van der Waals surface area (Å²) in [4.78, 5) is 35.8. The summed E-state index contributed by atoms with van der Waals surface area (Å²) in [6.45, 7) is 1.43. The van der Waals surface area contributed by atoms with Crippen molar-refractivity contribution >= 4 is 12.4 Å². The van der Waals surface area contributed by atoms with Crippen molar-refractivity contribution in [2.75, 3.05) is 0 Å². The molecule has 0 aromatic heterocycles. The number of hydrogen-bond acceptors (Lipinski definition) is 6. The van der Waals surface area contributed by atoms with Gasteiger partial charge in [-0.15, -0.1) is 10.1 Å². The van der Waals surface area contributed by atoms with Gasteiger partial charge in [-0.2, -0.15) is 0 Å². The van der Waals surface area contributed by atoms with E-state index in [4.69, 9.17) is 4.74 Å². The van der Waals surface area contributed by atoms with Crippen LogP contribution >= 0.6 is 0 Å². The van der Waals surface area contributed by atoms with Crippen molar-refractivity contribution in [2.45, 2.75) is 26.2 Å². The minimum Gasteiger partial charge on any atom is -0.459 e. The topological polar surface area (TPSA) is 108 Å². The Morgan fingerprint density at radius 3 is 2.40 bits per heavy atom. The van der Waals surface area contributed by atoms with Crippen molar-refractivity contribution in [2.24, 2.45) is 0 Å². The van der Waals surface area contributed by atoms with Crippen LogP contribution in [0, 0.1) is 10.1 Å². The summed E-state index contributed by atoms with van der Waals surface area (Å²) in [5.74, 6) is -0.544. The number of rotatable bonds is 8. The molecule has 0 spiro atoms. The highest BCUT2D eigenvalue weighted by Gasteiger charge is 2.12. The van der Waals surface area contributed by atoms with Crippen LogP contribution in [0.4, 0.5) is 0 Å². The Bertz CT molecular complexity index is 473. The van der Waals surface area contributed by atoms with Crippen LogP contribution in [0.25, 0.3) is 0 Å². The van der Waals surface area contributed by atoms with E-state index in [9.17, 15) is 19.7 Å². The van der Waals surface area contributed by atoms with Gasteiger partial charge >= 0.3 is 5.97 Å². The number of carbonyl (C=O) groups excluding carboxylic acids is 2. The second kappa shape index (κ2) is 7.72. The normalized spacial score (nSPS) is 11.2. The molecule has 1 aromatic rings. The molecule has 0 aliphatic rings. The van der Waals surface area contributed by atoms with E-state index in [1.807, 2.05) is 0 Å². The van der Waals surface area contributed by atoms with E-state index in [1.54, 1.807) is 24.3 Å². The minimum atomic E-state index is -0.864. The Hall–Kier alpha value is -2.64. The number of carbonyl (C=O) groups is 2. The molecule has 0 saturated carbocycles. The fourth-order valence-corrected chi connectivity index (χ4v) is 1.31. The molecule has 108 valence electrons. The highest BCUT2D eigenvalue weighted by molar-refractivity contribution is 5.77. The minimum absolute atomic E-state index is 0.0556. The first-order valence-corrected chi connectivity index (χ1v) is 5.74. The Balaban J connectivity index is 2.43. The molecular weight excluding hydrogens is 268 g/mol. The number of esters is 1. The maximum atomic E-state index is 11.4. The number of nitrogens with zero attached hydrogens (tertiary/aromatic N) is 1. The van der Waals surface area contributed by atoms with Crippen LogP contribution in [-0.4, -0.2) is 23.5 Å². The van der Waals surface area contributed by atoms with Crippen molar-refractivity contribution in [3.05, 3.63) is 45.5 Å². The molecule has 1 N–H and O–H groups in total. The van der Waals surface area contributed by atoms with Crippen molar-refractivity contribution in [3.63, 3.8) is 0 Å². The third-order valence-corrected chi connectivity index (χ3v) is 2.41. The fraction of sp³-hybridized carbons (Fsp3) is 0.333. The number of ether oxygens (including phenoxy) is 1. The van der Waals surface area contributed by atoms with Gasteiger partial charge in [0.25, 0.3) is 5.09 Å². The van der Waals surface area contributed by atoms with Gasteiger partial charge in [-0.05, 0) is 18.1 Å². The molecule has 20 heavy (non-hydrogen) atoms. The number of nitrogens with one attached hydrogen (secondary N) is 1. The van der Waals surface area contributed by atoms with E-state index >= 15 is 0 Å². The molecule has 1 rings (SSSR count). The molecule has 1 aromatic carbocycles. The lowest BCUT2D eigenvalue weighted by atomic mass is 10.1. The Morgan fingerprint density at radius 2 is 1.90 bits per heavy atom. The summed E-state index contributed by atoms with van der Waals surface area (Å²) in [5.41, 5.74) is 1.36. The molecular formula is C12H14N2O6. The zero-order valence-corrected chi connectivity index (χ0v) is 10.8. The molecule has 0 aliphatic heterocycles. The van der Waals surface area contributed by atoms with E-state index in [2.05, 4.69) is 10.2 Å². The van der Waals surface area contributed by atoms with Crippen LogP contribution in [-0.2, 0) is 32.4 Å². The summed E-state index contributed by atoms with van der Waals surface area (Å²) in [6, 6.07) is 5.91. The largest absolute Gasteiger partial charge is 0.459 e. The summed E-state index contributed by atoms with van der Waals surface area (Å²) < 4.78 is 4.98. The van der Waals surface area contributed by atoms with Gasteiger partial charge in [-0.3, -0.25) is 4.79 Å². The van der Waals surface area contributed by atoms with Gasteiger partial charge in [0.15, 0.2) is 0 Å². The predicted octanol–water partition coefficient (Wildman–Crippen LogP) is 0.573. The zero-order chi connectivity index (χ0) is 15.0. The quantitative estimate of drug-likeness (QED) is 0.323. The highest BCUT2D eigenvalue weighted by Crippen LogP contribution is 2.07. The number of hydrogen-bond donors (Lipinski definition) is 1. The lowest BCUT2D eigenvalue weighted by Crippen LogP contribution is -2.34. The van der Waals surface area contributed by atoms with Crippen LogP contribution in [0.1, 0.15) is 18.1 Å². The zero-order valence-electron chi connectivity index (χ0n) is 10.8. The Kier molecular flexibility index (Phi) is 5.95. The van der Waals surface area contributed by atoms with Crippen LogP contribution < -0.4 is 5.32 Å². The van der Waals surface area contributed by atoms with Crippen molar-refractivity contribution in [3.8, 4) is 0 Å². The van der Waals surface area contributed by atoms with E-state index in [1.165, 1.54) is 6.92 Å². The molecule has 8 heteroatoms. The fourth-order valence-electron chi connectivity index (χ4n) is 1.31. The summed E-state index contributed by atoms with van der Waals surface area (Å²) in [7, 11) is 0. The SMILES string of the molecule is CC(NC=O)C(=O)OCc1ccc(CO[N+](=O)[O-])cc1. The average molecular weight is 282 g/mol. The molecule has 8 nitrogen and oxygen atoms in total. The molecule has 1 amide bonds. The van der Waals surface area contributed by atoms with Crippen LogP contribution in [0.2, 0.25) is 0 Å². The van der Waals surface area contributed by atoms with E-state index in [0.717, 1.165) is 5.56 Å². The van der Waals surface area contributed by atoms with Crippen LogP contribution in [0.15, 0.2) is 24.3 Å². The monoisotopic (exact) mass is 282 g/mol. The maximum Gasteiger partial charge on any atom is 0.328 e. The third kappa shape index (κ3) is 5.34. The summed E-state index contributed by atoms with van der Waals surface area (Å²) >= 11 is 0. The van der Waals surface area contributed by atoms with Gasteiger partial charge in [0, 0.05) is 0 Å². The van der Waals surface area contributed by atoms with Crippen molar-refractivity contribution in [1.29, 1.82) is 0 Å². The first-order valence-electron chi connectivity index (χ1n) is 5.74. The number of amides is 1. The predicted molar refractivity (Wildman–Crippen MR) is 66.7 cm³/mol. The Labute approximate surface area is 114 Å². The molecule has 0 fully saturated rings. The molecule has 0 bridgehead atoms. The molecule has 1 unspecified atom stereocenters. The van der Waals surface area contributed by atoms with Crippen LogP contribution in [0.5, 0.6) is 0 Å². The van der Waals surface area contributed by atoms with Gasteiger partial charge in [0.1, 0.15) is 19.3 Å². The summed E-state index contributed by atoms with van der Waals surface area (Å²) in [6.07, 6.45) is 0.427. The maximum absolute atomic E-state index is 11.4. The van der Waals surface area contributed by atoms with Gasteiger partial charge in [-0.1, -0.05) is 24.3 Å². The molecule has 0 heterocycles. The molecule has 0 radical (unpaired) electrons. The van der Waals surface area contributed by atoms with E-state index in [-0.39, 0.29) is 13.2 Å². The highest BCUT2D eigenvalue weighted by atomic mass is 16.9. The molecule has 0 saturated heterocycles. The van der Waals surface area contributed by atoms with Gasteiger partial charge in [0.2, 0.25) is 6.41 Å². The average Bonchev–Trinajstić information content (AvgIpc) is 2.43. The third-order valence-electron chi connectivity index (χ3n) is 2.41. The second-order valence-corrected chi connectivity index (χ2v) is 3.93. The second-order valence-electron chi connectivity index (χ2n) is 3.93. The summed E-state index contributed by atoms with van der Waals surface area (Å²) in [5, 5.41) is 11.4. The van der Waals surface area contributed by atoms with E-state index < -0.39 is 17.1 Å². The lowest BCUT2D eigenvalue weighted by Gasteiger charge is -2.10. The first-order chi connectivity index (χ1) is 9.52. The van der Waals surface area contributed by atoms with Crippen molar-refractivity contribution in [1.82, 2.24) is 5.32 Å². The number of benzene rings is 1. The van der Waals surface area contributed by atoms with E-state index in [0.29, 0.717) is 12.0 Å². The van der Waals surface area contributed by atoms with Gasteiger partial charge < -0.3 is 14.9 Å². The lowest BCUT2D eigenvalue weighted by molar-refractivity contribution is -0.763. The van der Waals surface area contributed by atoms with Crippen LogP contribution in [0.3, 0.4) is 0 Å². The first kappa shape index (κ1) is 15.4. The Morgan fingerprint density at radius 1 is 1.35 bits per heavy atom. The van der Waals surface area contributed by atoms with Gasteiger partial charge in [0.05, 0.1) is 0 Å². The van der Waals surface area contributed by atoms with Gasteiger partial charge in [-0.25, -0.2) is 4.79 Å². The smallest absolute Gasteiger partial charge is 0.328 e. The standard InChI is InChI=1S/C12H14N2O6/c1-9(13-8-15)12(16)19-6-10-2-4-11(5-3-10)7-20-14(17)18/h2-5,8-9H,6-7H2,1H3,(H,13,15). The molecule has 1 atom stereocenters. The molecule has 0 aliphatic carbocycles. The van der Waals surface area contributed by atoms with Crippen molar-refractivity contribution < 1.29 is 24.3 Å².